The van der Waals surface area contributed by atoms with Gasteiger partial charge in [-0.25, -0.2) is 4.79 Å². The van der Waals surface area contributed by atoms with Gasteiger partial charge in [-0.3, -0.25) is 0 Å². The van der Waals surface area contributed by atoms with Gasteiger partial charge in [0, 0.05) is 19.3 Å². The third kappa shape index (κ3) is 4.73. The molecule has 5 heteroatoms. The van der Waals surface area contributed by atoms with E-state index in [-0.39, 0.29) is 12.1 Å². The molecule has 2 amide bonds. The van der Waals surface area contributed by atoms with Crippen molar-refractivity contribution in [3.63, 3.8) is 0 Å². The van der Waals surface area contributed by atoms with Crippen LogP contribution in [0.2, 0.25) is 0 Å². The van der Waals surface area contributed by atoms with Crippen LogP contribution in [0, 0.1) is 0 Å². The van der Waals surface area contributed by atoms with E-state index in [4.69, 9.17) is 10.5 Å². The summed E-state index contributed by atoms with van der Waals surface area (Å²) in [6, 6.07) is 7.26. The molecule has 5 nitrogen and oxygen atoms in total. The number of carbonyl (C=O) groups excluding carboxylic acids is 1. The Bertz CT molecular complexity index is 382. The Kier molecular flexibility index (Phi) is 6.18. The molecule has 1 atom stereocenters. The van der Waals surface area contributed by atoms with Crippen molar-refractivity contribution in [2.75, 3.05) is 19.0 Å². The number of urea groups is 1. The Morgan fingerprint density at radius 3 is 2.89 bits per heavy atom. The number of nitrogens with two attached hydrogens (primary N) is 1. The summed E-state index contributed by atoms with van der Waals surface area (Å²) in [4.78, 5) is 11.7. The van der Waals surface area contributed by atoms with Crippen molar-refractivity contribution in [2.45, 2.75) is 25.9 Å². The fourth-order valence-corrected chi connectivity index (χ4v) is 1.59. The molecule has 4 N–H and O–H groups in total. The molecule has 1 unspecified atom stereocenters. The van der Waals surface area contributed by atoms with Crippen molar-refractivity contribution in [1.29, 1.82) is 0 Å². The van der Waals surface area contributed by atoms with Crippen molar-refractivity contribution < 1.29 is 9.53 Å². The highest BCUT2D eigenvalue weighted by Crippen LogP contribution is 2.09. The molecular weight excluding hydrogens is 230 g/mol. The van der Waals surface area contributed by atoms with Gasteiger partial charge in [0.2, 0.25) is 0 Å². The van der Waals surface area contributed by atoms with Crippen LogP contribution < -0.4 is 16.4 Å². The van der Waals surface area contributed by atoms with Gasteiger partial charge >= 0.3 is 6.03 Å². The Hall–Kier alpha value is -1.59. The molecule has 1 aromatic carbocycles. The third-order valence-corrected chi connectivity index (χ3v) is 2.62. The Balaban J connectivity index is 2.52. The molecule has 0 aliphatic rings. The van der Waals surface area contributed by atoms with Crippen LogP contribution in [0.1, 0.15) is 18.9 Å². The van der Waals surface area contributed by atoms with E-state index < -0.39 is 0 Å². The number of rotatable bonds is 6. The van der Waals surface area contributed by atoms with Crippen LogP contribution in [0.15, 0.2) is 24.3 Å². The second-order valence-electron chi connectivity index (χ2n) is 4.06. The maximum absolute atomic E-state index is 11.7. The zero-order chi connectivity index (χ0) is 13.4. The van der Waals surface area contributed by atoms with Crippen molar-refractivity contribution >= 4 is 11.7 Å². The van der Waals surface area contributed by atoms with Gasteiger partial charge in [-0.05, 0) is 24.1 Å². The quantitative estimate of drug-likeness (QED) is 0.720. The fourth-order valence-electron chi connectivity index (χ4n) is 1.59. The minimum Gasteiger partial charge on any atom is -0.383 e. The number of nitrogens with one attached hydrogen (secondary N) is 2. The molecule has 0 fully saturated rings. The number of carbonyl (C=O) groups is 1. The second-order valence-corrected chi connectivity index (χ2v) is 4.06. The molecule has 1 aromatic rings. The Morgan fingerprint density at radius 1 is 1.50 bits per heavy atom. The van der Waals surface area contributed by atoms with Gasteiger partial charge < -0.3 is 21.1 Å². The van der Waals surface area contributed by atoms with Crippen LogP contribution in [-0.2, 0) is 11.3 Å². The third-order valence-electron chi connectivity index (χ3n) is 2.62. The van der Waals surface area contributed by atoms with Crippen LogP contribution in [-0.4, -0.2) is 25.8 Å². The standard InChI is InChI=1S/C13H21N3O2/c1-3-11(9-18-2)15-13(17)16-12-6-4-5-10(7-12)8-14/h4-7,11H,3,8-9,14H2,1-2H3,(H2,15,16,17). The first kappa shape index (κ1) is 14.5. The molecule has 0 aromatic heterocycles. The van der Waals surface area contributed by atoms with E-state index in [1.807, 2.05) is 31.2 Å². The zero-order valence-corrected chi connectivity index (χ0v) is 10.9. The number of hydrogen-bond acceptors (Lipinski definition) is 3. The molecule has 100 valence electrons. The predicted molar refractivity (Wildman–Crippen MR) is 72.4 cm³/mol. The average Bonchev–Trinajstić information content (AvgIpc) is 2.38. The number of hydrogen-bond donors (Lipinski definition) is 3. The first-order valence-corrected chi connectivity index (χ1v) is 6.05. The van der Waals surface area contributed by atoms with E-state index >= 15 is 0 Å². The molecule has 0 spiro atoms. The van der Waals surface area contributed by atoms with E-state index in [1.54, 1.807) is 7.11 Å². The lowest BCUT2D eigenvalue weighted by Crippen LogP contribution is -2.40. The molecule has 0 aliphatic heterocycles. The van der Waals surface area contributed by atoms with Gasteiger partial charge in [0.1, 0.15) is 0 Å². The van der Waals surface area contributed by atoms with E-state index in [9.17, 15) is 4.79 Å². The van der Waals surface area contributed by atoms with Crippen LogP contribution in [0.3, 0.4) is 0 Å². The molecule has 0 aliphatic carbocycles. The maximum Gasteiger partial charge on any atom is 0.319 e. The van der Waals surface area contributed by atoms with E-state index in [2.05, 4.69) is 10.6 Å². The number of amides is 2. The predicted octanol–water partition coefficient (Wildman–Crippen LogP) is 1.69. The summed E-state index contributed by atoms with van der Waals surface area (Å²) in [5.41, 5.74) is 7.27. The minimum atomic E-state index is -0.229. The van der Waals surface area contributed by atoms with Crippen LogP contribution >= 0.6 is 0 Å². The first-order chi connectivity index (χ1) is 8.69. The summed E-state index contributed by atoms with van der Waals surface area (Å²) >= 11 is 0. The molecule has 0 heterocycles. The molecular formula is C13H21N3O2. The van der Waals surface area contributed by atoms with Crippen LogP contribution in [0.5, 0.6) is 0 Å². The molecule has 0 saturated carbocycles. The summed E-state index contributed by atoms with van der Waals surface area (Å²) in [5.74, 6) is 0. The van der Waals surface area contributed by atoms with Crippen molar-refractivity contribution in [3.8, 4) is 0 Å². The summed E-state index contributed by atoms with van der Waals surface area (Å²) in [6.07, 6.45) is 0.824. The van der Waals surface area contributed by atoms with Crippen molar-refractivity contribution in [1.82, 2.24) is 5.32 Å². The van der Waals surface area contributed by atoms with E-state index in [0.29, 0.717) is 13.2 Å². The second kappa shape index (κ2) is 7.68. The van der Waals surface area contributed by atoms with Gasteiger partial charge in [-0.1, -0.05) is 19.1 Å². The highest BCUT2D eigenvalue weighted by atomic mass is 16.5. The Labute approximate surface area is 108 Å². The van der Waals surface area contributed by atoms with Gasteiger partial charge in [0.05, 0.1) is 12.6 Å². The monoisotopic (exact) mass is 251 g/mol. The summed E-state index contributed by atoms with van der Waals surface area (Å²) in [7, 11) is 1.62. The lowest BCUT2D eigenvalue weighted by molar-refractivity contribution is 0.165. The van der Waals surface area contributed by atoms with Gasteiger partial charge in [-0.2, -0.15) is 0 Å². The smallest absolute Gasteiger partial charge is 0.319 e. The molecule has 1 rings (SSSR count). The SMILES string of the molecule is CCC(COC)NC(=O)Nc1cccc(CN)c1. The zero-order valence-electron chi connectivity index (χ0n) is 10.9. The van der Waals surface area contributed by atoms with Crippen molar-refractivity contribution in [2.24, 2.45) is 5.73 Å². The number of benzene rings is 1. The highest BCUT2D eigenvalue weighted by Gasteiger charge is 2.09. The van der Waals surface area contributed by atoms with E-state index in [1.165, 1.54) is 0 Å². The summed E-state index contributed by atoms with van der Waals surface area (Å²) < 4.78 is 5.02. The highest BCUT2D eigenvalue weighted by molar-refractivity contribution is 5.89. The van der Waals surface area contributed by atoms with Crippen molar-refractivity contribution in [3.05, 3.63) is 29.8 Å². The van der Waals surface area contributed by atoms with Gasteiger partial charge in [0.25, 0.3) is 0 Å². The van der Waals surface area contributed by atoms with Crippen LogP contribution in [0.25, 0.3) is 0 Å². The first-order valence-electron chi connectivity index (χ1n) is 6.05. The normalized spacial score (nSPS) is 11.9. The lowest BCUT2D eigenvalue weighted by Gasteiger charge is -2.16. The number of ether oxygens (including phenoxy) is 1. The average molecular weight is 251 g/mol. The van der Waals surface area contributed by atoms with Gasteiger partial charge in [0.15, 0.2) is 0 Å². The lowest BCUT2D eigenvalue weighted by atomic mass is 10.2. The molecule has 0 radical (unpaired) electrons. The largest absolute Gasteiger partial charge is 0.383 e. The Morgan fingerprint density at radius 2 is 2.28 bits per heavy atom. The molecule has 0 saturated heterocycles. The topological polar surface area (TPSA) is 76.4 Å². The minimum absolute atomic E-state index is 0.0210. The summed E-state index contributed by atoms with van der Waals surface area (Å²) in [5, 5.41) is 5.63. The summed E-state index contributed by atoms with van der Waals surface area (Å²) in [6.45, 7) is 2.96. The van der Waals surface area contributed by atoms with Gasteiger partial charge in [-0.15, -0.1) is 0 Å². The fraction of sp³-hybridized carbons (Fsp3) is 0.462. The van der Waals surface area contributed by atoms with Crippen LogP contribution in [0.4, 0.5) is 10.5 Å². The number of anilines is 1. The molecule has 0 bridgehead atoms. The maximum atomic E-state index is 11.7. The number of methoxy groups -OCH3 is 1. The van der Waals surface area contributed by atoms with E-state index in [0.717, 1.165) is 17.7 Å². The molecule has 18 heavy (non-hydrogen) atoms.